The van der Waals surface area contributed by atoms with Crippen LogP contribution in [0.25, 0.3) is 21.8 Å². The number of aromatic nitrogens is 2. The zero-order valence-electron chi connectivity index (χ0n) is 11.8. The highest BCUT2D eigenvalue weighted by atomic mass is 16.4. The van der Waals surface area contributed by atoms with Crippen molar-refractivity contribution in [2.24, 2.45) is 0 Å². The van der Waals surface area contributed by atoms with Crippen LogP contribution in [0.15, 0.2) is 41.3 Å². The molecule has 0 saturated carbocycles. The van der Waals surface area contributed by atoms with Crippen molar-refractivity contribution in [2.75, 3.05) is 11.9 Å². The van der Waals surface area contributed by atoms with E-state index >= 15 is 0 Å². The van der Waals surface area contributed by atoms with Gasteiger partial charge in [0.05, 0.1) is 0 Å². The standard InChI is InChI=1S/C16H15N3O3/c20-14(21)4-2-7-17-10-5-6-12-13(9-10)11-3-1-8-18-15(11)19-16(12)22/h1,3,5-6,8-9,17H,2,4,7H2,(H,20,21)(H,18,19,22). The highest BCUT2D eigenvalue weighted by molar-refractivity contribution is 6.05. The first kappa shape index (κ1) is 14.1. The summed E-state index contributed by atoms with van der Waals surface area (Å²) in [6.45, 7) is 0.567. The van der Waals surface area contributed by atoms with Gasteiger partial charge in [0.1, 0.15) is 5.65 Å². The van der Waals surface area contributed by atoms with E-state index in [-0.39, 0.29) is 12.0 Å². The molecule has 3 rings (SSSR count). The Hall–Kier alpha value is -2.89. The molecule has 0 atom stereocenters. The third kappa shape index (κ3) is 2.76. The number of carbonyl (C=O) groups is 1. The molecule has 0 bridgehead atoms. The van der Waals surface area contributed by atoms with Crippen LogP contribution in [0.4, 0.5) is 5.69 Å². The van der Waals surface area contributed by atoms with Crippen molar-refractivity contribution in [1.29, 1.82) is 0 Å². The number of pyridine rings is 2. The first-order valence-corrected chi connectivity index (χ1v) is 7.01. The lowest BCUT2D eigenvalue weighted by atomic mass is 10.1. The fraction of sp³-hybridized carbons (Fsp3) is 0.188. The van der Waals surface area contributed by atoms with E-state index in [9.17, 15) is 9.59 Å². The highest BCUT2D eigenvalue weighted by Gasteiger charge is 2.06. The van der Waals surface area contributed by atoms with Crippen molar-refractivity contribution in [3.05, 3.63) is 46.9 Å². The van der Waals surface area contributed by atoms with E-state index in [0.29, 0.717) is 24.0 Å². The molecule has 2 aromatic heterocycles. The second kappa shape index (κ2) is 5.85. The van der Waals surface area contributed by atoms with Crippen LogP contribution in [-0.4, -0.2) is 27.6 Å². The SMILES string of the molecule is O=C(O)CCCNc1ccc2c(=O)[nH]c3ncccc3c2c1. The Morgan fingerprint density at radius 2 is 2.09 bits per heavy atom. The molecule has 3 aromatic rings. The number of anilines is 1. The molecule has 0 unspecified atom stereocenters. The number of nitrogens with zero attached hydrogens (tertiary/aromatic N) is 1. The number of aliphatic carboxylic acids is 1. The van der Waals surface area contributed by atoms with E-state index < -0.39 is 5.97 Å². The van der Waals surface area contributed by atoms with Gasteiger partial charge < -0.3 is 15.4 Å². The molecule has 1 aromatic carbocycles. The average molecular weight is 297 g/mol. The van der Waals surface area contributed by atoms with Gasteiger partial charge in [-0.1, -0.05) is 0 Å². The highest BCUT2D eigenvalue weighted by Crippen LogP contribution is 2.23. The first-order valence-electron chi connectivity index (χ1n) is 7.01. The van der Waals surface area contributed by atoms with Gasteiger partial charge >= 0.3 is 5.97 Å². The van der Waals surface area contributed by atoms with Crippen LogP contribution in [0.5, 0.6) is 0 Å². The molecule has 112 valence electrons. The number of hydrogen-bond donors (Lipinski definition) is 3. The predicted molar refractivity (Wildman–Crippen MR) is 85.2 cm³/mol. The van der Waals surface area contributed by atoms with Crippen LogP contribution in [-0.2, 0) is 4.79 Å². The zero-order valence-corrected chi connectivity index (χ0v) is 11.8. The van der Waals surface area contributed by atoms with E-state index in [0.717, 1.165) is 16.5 Å². The number of hydrogen-bond acceptors (Lipinski definition) is 4. The van der Waals surface area contributed by atoms with E-state index in [1.807, 2.05) is 24.3 Å². The molecule has 0 radical (unpaired) electrons. The molecule has 0 aliphatic rings. The van der Waals surface area contributed by atoms with Crippen LogP contribution < -0.4 is 10.9 Å². The van der Waals surface area contributed by atoms with Crippen LogP contribution in [0, 0.1) is 0 Å². The second-order valence-corrected chi connectivity index (χ2v) is 5.04. The summed E-state index contributed by atoms with van der Waals surface area (Å²) in [5, 5.41) is 14.1. The van der Waals surface area contributed by atoms with Crippen molar-refractivity contribution >= 4 is 33.5 Å². The lowest BCUT2D eigenvalue weighted by Crippen LogP contribution is -2.08. The molecular weight excluding hydrogens is 282 g/mol. The van der Waals surface area contributed by atoms with Crippen LogP contribution in [0.3, 0.4) is 0 Å². The number of fused-ring (bicyclic) bond motifs is 3. The van der Waals surface area contributed by atoms with Gasteiger partial charge in [-0.15, -0.1) is 0 Å². The third-order valence-electron chi connectivity index (χ3n) is 3.49. The van der Waals surface area contributed by atoms with Crippen molar-refractivity contribution in [3.8, 4) is 0 Å². The summed E-state index contributed by atoms with van der Waals surface area (Å²) in [4.78, 5) is 29.5. The van der Waals surface area contributed by atoms with Crippen molar-refractivity contribution < 1.29 is 9.90 Å². The molecule has 0 spiro atoms. The van der Waals surface area contributed by atoms with Crippen molar-refractivity contribution in [3.63, 3.8) is 0 Å². The molecule has 0 aliphatic carbocycles. The van der Waals surface area contributed by atoms with Gasteiger partial charge in [0.2, 0.25) is 0 Å². The quantitative estimate of drug-likeness (QED) is 0.496. The summed E-state index contributed by atoms with van der Waals surface area (Å²) in [6, 6.07) is 9.22. The molecular formula is C16H15N3O3. The smallest absolute Gasteiger partial charge is 0.303 e. The predicted octanol–water partition coefficient (Wildman–Crippen LogP) is 2.35. The van der Waals surface area contributed by atoms with Gasteiger partial charge in [-0.2, -0.15) is 0 Å². The fourth-order valence-electron chi connectivity index (χ4n) is 2.44. The Morgan fingerprint density at radius 3 is 2.91 bits per heavy atom. The summed E-state index contributed by atoms with van der Waals surface area (Å²) < 4.78 is 0. The van der Waals surface area contributed by atoms with Crippen molar-refractivity contribution in [1.82, 2.24) is 9.97 Å². The molecule has 0 amide bonds. The van der Waals surface area contributed by atoms with Gasteiger partial charge in [-0.3, -0.25) is 9.59 Å². The van der Waals surface area contributed by atoms with E-state index in [2.05, 4.69) is 15.3 Å². The summed E-state index contributed by atoms with van der Waals surface area (Å²) >= 11 is 0. The monoisotopic (exact) mass is 297 g/mol. The molecule has 6 heteroatoms. The minimum atomic E-state index is -0.802. The lowest BCUT2D eigenvalue weighted by molar-refractivity contribution is -0.137. The topological polar surface area (TPSA) is 95.1 Å². The molecule has 0 fully saturated rings. The molecule has 6 nitrogen and oxygen atoms in total. The van der Waals surface area contributed by atoms with Crippen molar-refractivity contribution in [2.45, 2.75) is 12.8 Å². The molecule has 3 N–H and O–H groups in total. The first-order chi connectivity index (χ1) is 10.6. The van der Waals surface area contributed by atoms with Gasteiger partial charge in [0.15, 0.2) is 0 Å². The van der Waals surface area contributed by atoms with Crippen LogP contribution in [0.2, 0.25) is 0 Å². The van der Waals surface area contributed by atoms with Gasteiger partial charge in [0, 0.05) is 41.0 Å². The number of carboxylic acid groups (broad SMARTS) is 1. The van der Waals surface area contributed by atoms with E-state index in [4.69, 9.17) is 5.11 Å². The molecule has 0 saturated heterocycles. The second-order valence-electron chi connectivity index (χ2n) is 5.04. The fourth-order valence-corrected chi connectivity index (χ4v) is 2.44. The number of carboxylic acids is 1. The summed E-state index contributed by atoms with van der Waals surface area (Å²) in [7, 11) is 0. The van der Waals surface area contributed by atoms with Gasteiger partial charge in [-0.05, 0) is 36.8 Å². The molecule has 22 heavy (non-hydrogen) atoms. The normalized spacial score (nSPS) is 10.9. The summed E-state index contributed by atoms with van der Waals surface area (Å²) in [5.74, 6) is -0.802. The Labute approximate surface area is 125 Å². The van der Waals surface area contributed by atoms with Gasteiger partial charge in [0.25, 0.3) is 5.56 Å². The van der Waals surface area contributed by atoms with E-state index in [1.165, 1.54) is 0 Å². The Bertz CT molecular complexity index is 902. The third-order valence-corrected chi connectivity index (χ3v) is 3.49. The number of benzene rings is 1. The summed E-state index contributed by atoms with van der Waals surface area (Å²) in [6.07, 6.45) is 2.32. The molecule has 0 aliphatic heterocycles. The molecule has 2 heterocycles. The minimum Gasteiger partial charge on any atom is -0.481 e. The number of nitrogens with one attached hydrogen (secondary N) is 2. The number of aromatic amines is 1. The number of rotatable bonds is 5. The largest absolute Gasteiger partial charge is 0.481 e. The Balaban J connectivity index is 1.96. The van der Waals surface area contributed by atoms with E-state index in [1.54, 1.807) is 12.3 Å². The lowest BCUT2D eigenvalue weighted by Gasteiger charge is -2.08. The Kier molecular flexibility index (Phi) is 3.74. The maximum Gasteiger partial charge on any atom is 0.303 e. The van der Waals surface area contributed by atoms with Crippen LogP contribution in [0.1, 0.15) is 12.8 Å². The zero-order chi connectivity index (χ0) is 15.5. The Morgan fingerprint density at radius 1 is 1.23 bits per heavy atom. The maximum absolute atomic E-state index is 12.1. The number of H-pyrrole nitrogens is 1. The average Bonchev–Trinajstić information content (AvgIpc) is 2.51. The maximum atomic E-state index is 12.1. The van der Waals surface area contributed by atoms with Crippen LogP contribution >= 0.6 is 0 Å². The minimum absolute atomic E-state index is 0.132. The van der Waals surface area contributed by atoms with Gasteiger partial charge in [-0.25, -0.2) is 4.98 Å². The summed E-state index contributed by atoms with van der Waals surface area (Å²) in [5.41, 5.74) is 1.25.